The van der Waals surface area contributed by atoms with Gasteiger partial charge in [-0.1, -0.05) is 130 Å². The number of hydrogen-bond acceptors (Lipinski definition) is 11. The summed E-state index contributed by atoms with van der Waals surface area (Å²) in [5, 5.41) is 3.48. The first kappa shape index (κ1) is 59.9. The Balaban J connectivity index is 0.894. The molecule has 0 aliphatic rings. The highest BCUT2D eigenvalue weighted by Gasteiger charge is 2.21. The van der Waals surface area contributed by atoms with Gasteiger partial charge in [0.15, 0.2) is 0 Å². The highest BCUT2D eigenvalue weighted by molar-refractivity contribution is 6.00. The minimum Gasteiger partial charge on any atom is -0.494 e. The zero-order chi connectivity index (χ0) is 55.8. The fraction of sp³-hybridized carbons (Fsp3) is 0.348. The Morgan fingerprint density at radius 2 is 0.762 bits per heavy atom. The molecule has 0 bridgehead atoms. The molecule has 0 N–H and O–H groups in total. The number of fused-ring (bicyclic) bond motifs is 2. The van der Waals surface area contributed by atoms with Gasteiger partial charge < -0.3 is 37.9 Å². The molecule has 0 saturated heterocycles. The molecule has 80 heavy (non-hydrogen) atoms. The van der Waals surface area contributed by atoms with E-state index in [4.69, 9.17) is 37.9 Å². The third kappa shape index (κ3) is 20.5. The molecule has 420 valence electrons. The van der Waals surface area contributed by atoms with E-state index < -0.39 is 17.9 Å². The SMILES string of the molecule is C=CCOCCCCCCOc1ccc2cc(C(=O)Oc3ccc(OC(=O)c4ccc5cc(OCCCCCCOCC=C)ccc5c4)c(C(=O)OCCCCCCCCCCOc4ccc(-c5ccccc5)cc4)c3)ccc2c1. The molecule has 0 radical (unpaired) electrons. The molecule has 0 unspecified atom stereocenters. The van der Waals surface area contributed by atoms with E-state index in [0.717, 1.165) is 148 Å². The van der Waals surface area contributed by atoms with Gasteiger partial charge in [-0.2, -0.15) is 0 Å². The molecular weight excluding hydrogens is 1000 g/mol. The van der Waals surface area contributed by atoms with Crippen LogP contribution in [0.15, 0.2) is 171 Å². The lowest BCUT2D eigenvalue weighted by Gasteiger charge is -2.13. The van der Waals surface area contributed by atoms with Gasteiger partial charge in [-0.25, -0.2) is 14.4 Å². The van der Waals surface area contributed by atoms with Crippen LogP contribution < -0.4 is 23.7 Å². The van der Waals surface area contributed by atoms with Crippen LogP contribution in [0.4, 0.5) is 0 Å². The van der Waals surface area contributed by atoms with Crippen LogP contribution in [-0.2, 0) is 14.2 Å². The molecule has 7 aromatic carbocycles. The number of hydrogen-bond donors (Lipinski definition) is 0. The first-order chi connectivity index (χ1) is 39.4. The number of esters is 3. The summed E-state index contributed by atoms with van der Waals surface area (Å²) in [6.07, 6.45) is 19.7. The van der Waals surface area contributed by atoms with Crippen molar-refractivity contribution in [2.24, 2.45) is 0 Å². The fourth-order valence-corrected chi connectivity index (χ4v) is 9.13. The number of rotatable bonds is 38. The van der Waals surface area contributed by atoms with Crippen molar-refractivity contribution >= 4 is 39.5 Å². The predicted octanol–water partition coefficient (Wildman–Crippen LogP) is 16.7. The molecule has 0 aromatic heterocycles. The van der Waals surface area contributed by atoms with E-state index in [1.165, 1.54) is 29.3 Å². The van der Waals surface area contributed by atoms with Crippen LogP contribution in [-0.4, -0.2) is 70.8 Å². The minimum absolute atomic E-state index is 0.0168. The van der Waals surface area contributed by atoms with Gasteiger partial charge in [0.25, 0.3) is 0 Å². The van der Waals surface area contributed by atoms with Crippen molar-refractivity contribution in [2.75, 3.05) is 52.9 Å². The van der Waals surface area contributed by atoms with E-state index in [0.29, 0.717) is 50.6 Å². The molecule has 11 heteroatoms. The Morgan fingerprint density at radius 1 is 0.350 bits per heavy atom. The maximum atomic E-state index is 13.8. The predicted molar refractivity (Wildman–Crippen MR) is 319 cm³/mol. The van der Waals surface area contributed by atoms with Crippen LogP contribution in [0.25, 0.3) is 32.7 Å². The number of ether oxygens (including phenoxy) is 8. The summed E-state index contributed by atoms with van der Waals surface area (Å²) in [5.41, 5.74) is 2.94. The van der Waals surface area contributed by atoms with Gasteiger partial charge in [-0.15, -0.1) is 13.2 Å². The van der Waals surface area contributed by atoms with Crippen LogP contribution in [0.2, 0.25) is 0 Å². The summed E-state index contributed by atoms with van der Waals surface area (Å²) < 4.78 is 46.5. The van der Waals surface area contributed by atoms with Gasteiger partial charge >= 0.3 is 17.9 Å². The molecule has 11 nitrogen and oxygen atoms in total. The van der Waals surface area contributed by atoms with E-state index in [2.05, 4.69) is 37.4 Å². The molecule has 0 spiro atoms. The normalized spacial score (nSPS) is 11.1. The fourth-order valence-electron chi connectivity index (χ4n) is 9.13. The summed E-state index contributed by atoms with van der Waals surface area (Å²) in [5.74, 6) is 0.505. The van der Waals surface area contributed by atoms with Crippen molar-refractivity contribution in [3.05, 3.63) is 188 Å². The second-order valence-electron chi connectivity index (χ2n) is 19.8. The standard InChI is InChI=1S/C69H78O11/c1-3-40-73-42-18-11-13-21-45-76-62-36-32-55-48-59(28-26-57(55)50-62)67(70)79-64-38-39-66(80-68(71)60-29-27-58-51-63(37-33-56(58)49-60)77-46-22-14-12-19-43-74-41-4-2)65(52-64)69(72)78-47-23-10-8-6-5-7-9-20-44-75-61-34-30-54(31-35-61)53-24-16-15-17-25-53/h3-4,15-17,24-39,48-52H,1-2,5-14,18-23,40-47H2. The van der Waals surface area contributed by atoms with Crippen molar-refractivity contribution in [1.29, 1.82) is 0 Å². The first-order valence-corrected chi connectivity index (χ1v) is 28.6. The summed E-state index contributed by atoms with van der Waals surface area (Å²) in [7, 11) is 0. The van der Waals surface area contributed by atoms with Crippen LogP contribution >= 0.6 is 0 Å². The molecule has 0 amide bonds. The lowest BCUT2D eigenvalue weighted by Crippen LogP contribution is -2.14. The second-order valence-corrected chi connectivity index (χ2v) is 19.8. The largest absolute Gasteiger partial charge is 0.494 e. The third-order valence-electron chi connectivity index (χ3n) is 13.6. The highest BCUT2D eigenvalue weighted by atomic mass is 16.6. The van der Waals surface area contributed by atoms with Gasteiger partial charge in [0.2, 0.25) is 0 Å². The monoisotopic (exact) mass is 1080 g/mol. The minimum atomic E-state index is -0.693. The number of carbonyl (C=O) groups is 3. The zero-order valence-electron chi connectivity index (χ0n) is 46.4. The summed E-state index contributed by atoms with van der Waals surface area (Å²) in [6.45, 7) is 12.1. The lowest BCUT2D eigenvalue weighted by atomic mass is 10.1. The second kappa shape index (κ2) is 34.3. The average molecular weight is 1080 g/mol. The number of carbonyl (C=O) groups excluding carboxylic acids is 3. The molecule has 0 aliphatic heterocycles. The van der Waals surface area contributed by atoms with Gasteiger partial charge in [0, 0.05) is 13.2 Å². The summed E-state index contributed by atoms with van der Waals surface area (Å²) in [6, 6.07) is 45.0. The Hall–Kier alpha value is -7.73. The average Bonchev–Trinajstić information content (AvgIpc) is 3.49. The molecule has 0 atom stereocenters. The molecule has 7 aromatic rings. The number of benzene rings is 7. The van der Waals surface area contributed by atoms with Crippen LogP contribution in [0, 0.1) is 0 Å². The zero-order valence-corrected chi connectivity index (χ0v) is 46.4. The van der Waals surface area contributed by atoms with Gasteiger partial charge in [-0.05, 0) is 163 Å². The van der Waals surface area contributed by atoms with Crippen molar-refractivity contribution in [3.8, 4) is 39.9 Å². The Kier molecular flexibility index (Phi) is 25.7. The van der Waals surface area contributed by atoms with Crippen LogP contribution in [0.5, 0.6) is 28.7 Å². The maximum Gasteiger partial charge on any atom is 0.343 e. The first-order valence-electron chi connectivity index (χ1n) is 28.6. The van der Waals surface area contributed by atoms with E-state index in [9.17, 15) is 14.4 Å². The smallest absolute Gasteiger partial charge is 0.343 e. The molecule has 0 fully saturated rings. The summed E-state index contributed by atoms with van der Waals surface area (Å²) in [4.78, 5) is 41.2. The Morgan fingerprint density at radius 3 is 1.29 bits per heavy atom. The van der Waals surface area contributed by atoms with E-state index in [-0.39, 0.29) is 23.7 Å². The lowest BCUT2D eigenvalue weighted by molar-refractivity contribution is 0.0490. The quantitative estimate of drug-likeness (QED) is 0.0159. The Labute approximate surface area is 472 Å². The van der Waals surface area contributed by atoms with E-state index >= 15 is 0 Å². The maximum absolute atomic E-state index is 13.8. The molecule has 0 saturated carbocycles. The van der Waals surface area contributed by atoms with E-state index in [1.54, 1.807) is 36.4 Å². The molecule has 0 aliphatic carbocycles. The van der Waals surface area contributed by atoms with Gasteiger partial charge in [0.1, 0.15) is 34.3 Å². The molecular formula is C69H78O11. The van der Waals surface area contributed by atoms with Crippen LogP contribution in [0.1, 0.15) is 134 Å². The van der Waals surface area contributed by atoms with E-state index in [1.807, 2.05) is 78.9 Å². The van der Waals surface area contributed by atoms with Crippen molar-refractivity contribution in [1.82, 2.24) is 0 Å². The van der Waals surface area contributed by atoms with Gasteiger partial charge in [-0.3, -0.25) is 0 Å². The topological polar surface area (TPSA) is 125 Å². The van der Waals surface area contributed by atoms with Crippen molar-refractivity contribution in [2.45, 2.75) is 103 Å². The number of unbranched alkanes of at least 4 members (excludes halogenated alkanes) is 13. The third-order valence-corrected chi connectivity index (χ3v) is 13.6. The molecule has 0 heterocycles. The van der Waals surface area contributed by atoms with Gasteiger partial charge in [0.05, 0.1) is 50.8 Å². The van der Waals surface area contributed by atoms with Crippen molar-refractivity contribution in [3.63, 3.8) is 0 Å². The van der Waals surface area contributed by atoms with Crippen molar-refractivity contribution < 1.29 is 52.3 Å². The van der Waals surface area contributed by atoms with Crippen LogP contribution in [0.3, 0.4) is 0 Å². The highest BCUT2D eigenvalue weighted by Crippen LogP contribution is 2.30. The molecule has 7 rings (SSSR count). The Bertz CT molecular complexity index is 3020. The summed E-state index contributed by atoms with van der Waals surface area (Å²) >= 11 is 0.